The maximum Gasteiger partial charge on any atom is 0.330 e. The van der Waals surface area contributed by atoms with Crippen molar-refractivity contribution in [3.63, 3.8) is 0 Å². The van der Waals surface area contributed by atoms with Gasteiger partial charge in [0.25, 0.3) is 17.7 Å². The summed E-state index contributed by atoms with van der Waals surface area (Å²) >= 11 is 0. The number of phenolic OH excluding ortho intramolecular Hbond substituents is 1. The van der Waals surface area contributed by atoms with Crippen LogP contribution in [-0.4, -0.2) is 53.4 Å². The lowest BCUT2D eigenvalue weighted by Gasteiger charge is -2.16. The highest BCUT2D eigenvalue weighted by Crippen LogP contribution is 2.41. The number of halogens is 2. The van der Waals surface area contributed by atoms with E-state index in [1.165, 1.54) is 77.7 Å². The van der Waals surface area contributed by atoms with Crippen LogP contribution in [0.1, 0.15) is 28.4 Å². The van der Waals surface area contributed by atoms with Crippen LogP contribution in [-0.2, 0) is 9.53 Å². The molecule has 3 aromatic carbocycles. The number of benzene rings is 3. The van der Waals surface area contributed by atoms with Gasteiger partial charge in [0, 0.05) is 31.3 Å². The second kappa shape index (κ2) is 14.0. The van der Waals surface area contributed by atoms with Gasteiger partial charge in [-0.3, -0.25) is 10.2 Å². The highest BCUT2D eigenvalue weighted by molar-refractivity contribution is 5.95. The maximum atomic E-state index is 15.8. The summed E-state index contributed by atoms with van der Waals surface area (Å²) in [4.78, 5) is 29.3. The van der Waals surface area contributed by atoms with Crippen LogP contribution in [0.2, 0.25) is 0 Å². The molecule has 13 heteroatoms. The van der Waals surface area contributed by atoms with Gasteiger partial charge in [-0.2, -0.15) is 13.8 Å². The average molecular weight is 619 g/mol. The molecule has 11 nitrogen and oxygen atoms in total. The molecule has 1 heterocycles. The summed E-state index contributed by atoms with van der Waals surface area (Å²) in [6.07, 6.45) is 2.62. The second-order valence-electron chi connectivity index (χ2n) is 9.47. The molecule has 0 unspecified atom stereocenters. The molecular formula is C32H28F2N4O7. The van der Waals surface area contributed by atoms with Crippen molar-refractivity contribution >= 4 is 23.8 Å². The normalized spacial score (nSPS) is 10.8. The summed E-state index contributed by atoms with van der Waals surface area (Å²) in [5.74, 6) is -7.46. The van der Waals surface area contributed by atoms with Gasteiger partial charge in [-0.1, -0.05) is 18.2 Å². The third-order valence-corrected chi connectivity index (χ3v) is 5.93. The van der Waals surface area contributed by atoms with Crippen LogP contribution in [0, 0.1) is 17.0 Å². The zero-order chi connectivity index (χ0) is 32.7. The Balaban J connectivity index is 1.78. The Morgan fingerprint density at radius 1 is 0.933 bits per heavy atom. The molecule has 4 rings (SSSR count). The number of amidine groups is 1. The molecule has 0 aliphatic carbocycles. The number of ether oxygens (including phenoxy) is 4. The van der Waals surface area contributed by atoms with Crippen LogP contribution in [0.5, 0.6) is 40.5 Å². The maximum absolute atomic E-state index is 15.8. The van der Waals surface area contributed by atoms with Crippen molar-refractivity contribution in [1.29, 1.82) is 5.41 Å². The molecule has 0 aliphatic rings. The van der Waals surface area contributed by atoms with E-state index in [1.807, 2.05) is 0 Å². The number of rotatable bonds is 11. The fourth-order valence-corrected chi connectivity index (χ4v) is 3.79. The number of nitrogens with two attached hydrogens (primary N) is 1. The van der Waals surface area contributed by atoms with Crippen LogP contribution >= 0.6 is 0 Å². The van der Waals surface area contributed by atoms with Crippen molar-refractivity contribution in [2.75, 3.05) is 20.7 Å². The number of phenols is 1. The van der Waals surface area contributed by atoms with Crippen molar-refractivity contribution < 1.29 is 42.4 Å². The molecule has 0 saturated heterocycles. The third-order valence-electron chi connectivity index (χ3n) is 5.93. The topological polar surface area (TPSA) is 157 Å². The Kier molecular flexibility index (Phi) is 9.93. The molecule has 4 N–H and O–H groups in total. The summed E-state index contributed by atoms with van der Waals surface area (Å²) in [5, 5.41) is 18.0. The molecule has 0 fully saturated rings. The van der Waals surface area contributed by atoms with E-state index in [4.69, 9.17) is 30.1 Å². The van der Waals surface area contributed by atoms with Crippen molar-refractivity contribution in [3.05, 3.63) is 101 Å². The predicted octanol–water partition coefficient (Wildman–Crippen LogP) is 6.00. The lowest BCUT2D eigenvalue weighted by atomic mass is 10.2. The Labute approximate surface area is 256 Å². The number of amides is 1. The first-order chi connectivity index (χ1) is 21.5. The molecule has 1 aromatic heterocycles. The SMILES string of the molecule is CCOC(=O)C=Cc1cccc(Oc2c(F)c(Oc3cccc(C(=O)N(C)C)c3)nc(Oc3cc(C(=N)N)ccc3O)c2F)c1. The number of esters is 1. The summed E-state index contributed by atoms with van der Waals surface area (Å²) in [5.41, 5.74) is 6.35. The number of carbonyl (C=O) groups is 2. The number of carbonyl (C=O) groups excluding carboxylic acids is 2. The van der Waals surface area contributed by atoms with Gasteiger partial charge in [-0.05, 0) is 67.1 Å². The minimum atomic E-state index is -1.39. The zero-order valence-corrected chi connectivity index (χ0v) is 24.3. The number of pyridine rings is 1. The van der Waals surface area contributed by atoms with Gasteiger partial charge >= 0.3 is 5.97 Å². The molecule has 0 aliphatic heterocycles. The van der Waals surface area contributed by atoms with E-state index in [1.54, 1.807) is 27.1 Å². The fourth-order valence-electron chi connectivity index (χ4n) is 3.79. The Morgan fingerprint density at radius 2 is 1.60 bits per heavy atom. The molecular weight excluding hydrogens is 590 g/mol. The van der Waals surface area contributed by atoms with Crippen LogP contribution in [0.25, 0.3) is 6.08 Å². The second-order valence-corrected chi connectivity index (χ2v) is 9.47. The summed E-state index contributed by atoms with van der Waals surface area (Å²) < 4.78 is 53.3. The van der Waals surface area contributed by atoms with Gasteiger partial charge in [0.1, 0.15) is 17.3 Å². The monoisotopic (exact) mass is 618 g/mol. The van der Waals surface area contributed by atoms with Crippen LogP contribution in [0.15, 0.2) is 72.8 Å². The number of nitrogen functional groups attached to an aromatic ring is 1. The van der Waals surface area contributed by atoms with Crippen LogP contribution in [0.4, 0.5) is 8.78 Å². The zero-order valence-electron chi connectivity index (χ0n) is 24.3. The van der Waals surface area contributed by atoms with E-state index in [0.717, 1.165) is 0 Å². The lowest BCUT2D eigenvalue weighted by molar-refractivity contribution is -0.137. The van der Waals surface area contributed by atoms with Gasteiger partial charge in [-0.25, -0.2) is 4.79 Å². The molecule has 0 spiro atoms. The molecule has 45 heavy (non-hydrogen) atoms. The van der Waals surface area contributed by atoms with Gasteiger partial charge in [0.05, 0.1) is 6.61 Å². The molecule has 0 bridgehead atoms. The molecule has 232 valence electrons. The predicted molar refractivity (Wildman–Crippen MR) is 160 cm³/mol. The first-order valence-corrected chi connectivity index (χ1v) is 13.3. The van der Waals surface area contributed by atoms with Crippen molar-refractivity contribution in [3.8, 4) is 40.5 Å². The molecule has 0 radical (unpaired) electrons. The standard InChI is InChI=1S/C32H28F2N4O7/c1-4-42-25(40)14-11-18-7-5-9-21(15-18)43-28-26(33)30(44-22-10-6-8-20(16-22)32(41)38(2)3)37-31(27(28)34)45-24-17-19(29(35)36)12-13-23(24)39/h5-17,39H,4H2,1-3H3,(H3,35,36). The van der Waals surface area contributed by atoms with Gasteiger partial charge in [-0.15, -0.1) is 0 Å². The van der Waals surface area contributed by atoms with Crippen molar-refractivity contribution in [2.45, 2.75) is 6.92 Å². The van der Waals surface area contributed by atoms with E-state index in [9.17, 15) is 14.7 Å². The lowest BCUT2D eigenvalue weighted by Crippen LogP contribution is -2.21. The summed E-state index contributed by atoms with van der Waals surface area (Å²) in [7, 11) is 3.12. The van der Waals surface area contributed by atoms with E-state index in [0.29, 0.717) is 5.56 Å². The van der Waals surface area contributed by atoms with Crippen molar-refractivity contribution in [2.24, 2.45) is 5.73 Å². The Bertz CT molecular complexity index is 1790. The highest BCUT2D eigenvalue weighted by Gasteiger charge is 2.27. The van der Waals surface area contributed by atoms with Gasteiger partial charge in [0.15, 0.2) is 11.5 Å². The van der Waals surface area contributed by atoms with E-state index in [2.05, 4.69) is 4.98 Å². The highest BCUT2D eigenvalue weighted by atomic mass is 19.1. The molecule has 1 amide bonds. The summed E-state index contributed by atoms with van der Waals surface area (Å²) in [6.45, 7) is 1.85. The summed E-state index contributed by atoms with van der Waals surface area (Å²) in [6, 6.07) is 15.5. The van der Waals surface area contributed by atoms with Crippen LogP contribution < -0.4 is 19.9 Å². The number of aromatic hydroxyl groups is 1. The Hall–Kier alpha value is -5.98. The fraction of sp³-hybridized carbons (Fsp3) is 0.125. The number of hydrogen-bond acceptors (Lipinski definition) is 9. The van der Waals surface area contributed by atoms with Crippen LogP contribution in [0.3, 0.4) is 0 Å². The quantitative estimate of drug-likeness (QED) is 0.0793. The largest absolute Gasteiger partial charge is 0.504 e. The third kappa shape index (κ3) is 7.90. The number of nitrogens with zero attached hydrogens (tertiary/aromatic N) is 2. The smallest absolute Gasteiger partial charge is 0.330 e. The number of aromatic nitrogens is 1. The first kappa shape index (κ1) is 31.9. The van der Waals surface area contributed by atoms with Gasteiger partial charge < -0.3 is 34.7 Å². The molecule has 0 saturated carbocycles. The van der Waals surface area contributed by atoms with Crippen molar-refractivity contribution in [1.82, 2.24) is 9.88 Å². The molecule has 4 aromatic rings. The van der Waals surface area contributed by atoms with E-state index in [-0.39, 0.29) is 46.7 Å². The minimum absolute atomic E-state index is 0.00914. The number of nitrogens with one attached hydrogen (secondary N) is 1. The van der Waals surface area contributed by atoms with E-state index < -0.39 is 40.9 Å². The first-order valence-electron chi connectivity index (χ1n) is 13.3. The number of hydrogen-bond donors (Lipinski definition) is 3. The minimum Gasteiger partial charge on any atom is -0.504 e. The average Bonchev–Trinajstić information content (AvgIpc) is 3.01. The molecule has 0 atom stereocenters. The van der Waals surface area contributed by atoms with E-state index >= 15 is 8.78 Å². The Morgan fingerprint density at radius 3 is 2.27 bits per heavy atom. The van der Waals surface area contributed by atoms with Gasteiger partial charge in [0.2, 0.25) is 17.4 Å².